The lowest BCUT2D eigenvalue weighted by Gasteiger charge is -2.60. The maximum Gasteiger partial charge on any atom is 0.522 e. The minimum atomic E-state index is -5.84. The summed E-state index contributed by atoms with van der Waals surface area (Å²) in [5.41, 5.74) is -2.00. The van der Waals surface area contributed by atoms with Crippen LogP contribution in [-0.4, -0.2) is 44.0 Å². The number of hydrogen-bond acceptors (Lipinski definition) is 9. The van der Waals surface area contributed by atoms with Crippen LogP contribution in [0.1, 0.15) is 90.9 Å². The summed E-state index contributed by atoms with van der Waals surface area (Å²) in [6, 6.07) is 21.6. The van der Waals surface area contributed by atoms with Gasteiger partial charge in [-0.3, -0.25) is 14.1 Å². The lowest BCUT2D eigenvalue weighted by molar-refractivity contribution is -0.164. The van der Waals surface area contributed by atoms with Gasteiger partial charge in [-0.05, 0) is 146 Å². The summed E-state index contributed by atoms with van der Waals surface area (Å²) in [6.07, 6.45) is 13.9. The molecule has 0 atom stereocenters. The highest BCUT2D eigenvalue weighted by atomic mass is 32.2. The van der Waals surface area contributed by atoms with Gasteiger partial charge in [0.05, 0.1) is 12.8 Å². The van der Waals surface area contributed by atoms with Crippen molar-refractivity contribution in [3.63, 3.8) is 0 Å². The van der Waals surface area contributed by atoms with E-state index in [0.717, 1.165) is 50.8 Å². The van der Waals surface area contributed by atoms with Crippen LogP contribution in [0.25, 0.3) is 22.3 Å². The number of carbonyl (C=O) groups excluding carboxylic acids is 2. The number of rotatable bonds is 12. The Bertz CT molecular complexity index is 2170. The number of ether oxygens (including phenoxy) is 4. The van der Waals surface area contributed by atoms with Gasteiger partial charge in [0.15, 0.2) is 0 Å². The van der Waals surface area contributed by atoms with Crippen molar-refractivity contribution >= 4 is 34.7 Å². The molecule has 0 heterocycles. The summed E-state index contributed by atoms with van der Waals surface area (Å²) < 4.78 is 81.5. The molecule has 8 fully saturated rings. The highest BCUT2D eigenvalue weighted by Crippen LogP contribution is 2.64. The monoisotopic (exact) mass is 884 g/mol. The van der Waals surface area contributed by atoms with Crippen molar-refractivity contribution in [3.8, 4) is 33.8 Å². The molecule has 0 radical (unpaired) electrons. The molecule has 0 aliphatic heterocycles. The van der Waals surface area contributed by atoms with Crippen LogP contribution in [0, 0.1) is 58.2 Å². The Labute approximate surface area is 361 Å². The van der Waals surface area contributed by atoms with Crippen LogP contribution in [0.3, 0.4) is 0 Å². The van der Waals surface area contributed by atoms with E-state index in [2.05, 4.69) is 13.8 Å². The molecular weight excluding hydrogens is 830 g/mol. The Morgan fingerprint density at radius 1 is 0.623 bits per heavy atom. The molecule has 0 aromatic heterocycles. The van der Waals surface area contributed by atoms with E-state index >= 15 is 0 Å². The zero-order chi connectivity index (χ0) is 43.3. The van der Waals surface area contributed by atoms with E-state index in [-0.39, 0.29) is 36.4 Å². The van der Waals surface area contributed by atoms with Crippen molar-refractivity contribution in [2.45, 2.75) is 101 Å². The van der Waals surface area contributed by atoms with Gasteiger partial charge in [0.1, 0.15) is 11.5 Å². The van der Waals surface area contributed by atoms with Gasteiger partial charge >= 0.3 is 27.6 Å². The standard InChI is InChI=1S/C46H54O6S.CHF3O3S/c1-45(32-16-28-14-29(18-32)19-33(45)17-28)24-42(47)51-26-49-39-11-5-3-8-36(39)37-10-7-13-41(53)44(37)38-9-4-6-12-40(38)50-27-52-43(48)25-46(2)34-20-30-15-31(22-34)23-35(46)21-30;2-1(3,4)8(5,6)7/h3-13,28-35,53H,14-27H2,1-2H3;(H,5,6,7). The molecule has 9 nitrogen and oxygen atoms in total. The van der Waals surface area contributed by atoms with Crippen LogP contribution in [0.2, 0.25) is 0 Å². The molecule has 0 unspecified atom stereocenters. The van der Waals surface area contributed by atoms with Crippen LogP contribution in [0.5, 0.6) is 11.5 Å². The number of hydrogen-bond donors (Lipinski definition) is 2. The lowest BCUT2D eigenvalue weighted by Crippen LogP contribution is -2.52. The second-order valence-corrected chi connectivity index (χ2v) is 21.0. The normalized spacial score (nSPS) is 31.9. The fourth-order valence-electron chi connectivity index (χ4n) is 12.8. The van der Waals surface area contributed by atoms with E-state index in [1.807, 2.05) is 66.7 Å². The first-order chi connectivity index (χ1) is 28.9. The first-order valence-electron chi connectivity index (χ1n) is 21.5. The number of halogens is 3. The van der Waals surface area contributed by atoms with Crippen molar-refractivity contribution in [2.24, 2.45) is 58.2 Å². The molecule has 3 aromatic carbocycles. The molecule has 0 saturated heterocycles. The molecule has 3 aromatic rings. The van der Waals surface area contributed by atoms with Crippen LogP contribution in [-0.2, 0) is 29.2 Å². The fraction of sp³-hybridized carbons (Fsp3) is 0.574. The maximum atomic E-state index is 13.3. The summed E-state index contributed by atoms with van der Waals surface area (Å²) in [5.74, 6) is 6.86. The maximum absolute atomic E-state index is 13.3. The first-order valence-corrected chi connectivity index (χ1v) is 23.4. The molecule has 11 rings (SSSR count). The van der Waals surface area contributed by atoms with Crippen molar-refractivity contribution in [1.82, 2.24) is 0 Å². The highest BCUT2D eigenvalue weighted by Gasteiger charge is 2.56. The third-order valence-electron chi connectivity index (χ3n) is 15.6. The summed E-state index contributed by atoms with van der Waals surface area (Å²) >= 11 is 4.91. The Morgan fingerprint density at radius 2 is 0.984 bits per heavy atom. The van der Waals surface area contributed by atoms with E-state index in [4.69, 9.17) is 44.5 Å². The van der Waals surface area contributed by atoms with E-state index in [0.29, 0.717) is 48.0 Å². The zero-order valence-electron chi connectivity index (χ0n) is 34.6. The van der Waals surface area contributed by atoms with E-state index < -0.39 is 15.6 Å². The Hall–Kier alpha value is -3.75. The summed E-state index contributed by atoms with van der Waals surface area (Å²) in [6.45, 7) is 4.37. The lowest BCUT2D eigenvalue weighted by atomic mass is 9.45. The van der Waals surface area contributed by atoms with E-state index in [9.17, 15) is 22.8 Å². The summed E-state index contributed by atoms with van der Waals surface area (Å²) in [7, 11) is -5.84. The predicted molar refractivity (Wildman–Crippen MR) is 225 cm³/mol. The molecular formula is C47H55F3O9S2. The highest BCUT2D eigenvalue weighted by molar-refractivity contribution is 7.86. The van der Waals surface area contributed by atoms with Gasteiger partial charge in [0, 0.05) is 21.6 Å². The van der Waals surface area contributed by atoms with Gasteiger partial charge < -0.3 is 18.9 Å². The Morgan fingerprint density at radius 3 is 1.39 bits per heavy atom. The second kappa shape index (κ2) is 17.1. The van der Waals surface area contributed by atoms with Gasteiger partial charge in [0.2, 0.25) is 13.6 Å². The van der Waals surface area contributed by atoms with Gasteiger partial charge in [0.25, 0.3) is 0 Å². The summed E-state index contributed by atoms with van der Waals surface area (Å²) in [4.78, 5) is 27.3. The van der Waals surface area contributed by atoms with Crippen molar-refractivity contribution < 1.29 is 54.7 Å². The number of esters is 2. The Balaban J connectivity index is 0.000000586. The minimum absolute atomic E-state index is 0.0307. The first kappa shape index (κ1) is 43.9. The van der Waals surface area contributed by atoms with E-state index in [1.165, 1.54) is 64.2 Å². The van der Waals surface area contributed by atoms with Crippen molar-refractivity contribution in [2.75, 3.05) is 13.6 Å². The van der Waals surface area contributed by atoms with Gasteiger partial charge in [-0.25, -0.2) is 0 Å². The largest absolute Gasteiger partial charge is 0.522 e. The quantitative estimate of drug-likeness (QED) is 0.0601. The molecule has 8 aliphatic carbocycles. The zero-order valence-corrected chi connectivity index (χ0v) is 36.3. The van der Waals surface area contributed by atoms with Crippen LogP contribution in [0.15, 0.2) is 71.6 Å². The third kappa shape index (κ3) is 9.05. The molecule has 8 bridgehead atoms. The molecule has 0 amide bonds. The van der Waals surface area contributed by atoms with Crippen molar-refractivity contribution in [1.29, 1.82) is 0 Å². The average Bonchev–Trinajstić information content (AvgIpc) is 3.19. The van der Waals surface area contributed by atoms with Crippen LogP contribution < -0.4 is 9.47 Å². The molecule has 61 heavy (non-hydrogen) atoms. The average molecular weight is 885 g/mol. The van der Waals surface area contributed by atoms with Gasteiger partial charge in [-0.1, -0.05) is 62.4 Å². The third-order valence-corrected chi connectivity index (χ3v) is 16.6. The number of carbonyl (C=O) groups is 2. The smallest absolute Gasteiger partial charge is 0.457 e. The fourth-order valence-corrected chi connectivity index (χ4v) is 13.1. The molecule has 330 valence electrons. The second-order valence-electron chi connectivity index (χ2n) is 19.1. The number of para-hydroxylation sites is 2. The molecule has 8 aliphatic rings. The predicted octanol–water partition coefficient (Wildman–Crippen LogP) is 11.2. The Kier molecular flexibility index (Phi) is 12.3. The molecule has 0 spiro atoms. The van der Waals surface area contributed by atoms with Crippen LogP contribution in [0.4, 0.5) is 13.2 Å². The molecule has 14 heteroatoms. The number of thiol groups is 1. The van der Waals surface area contributed by atoms with Gasteiger partial charge in [-0.15, -0.1) is 12.6 Å². The molecule has 1 N–H and O–H groups in total. The number of alkyl halides is 3. The SMILES string of the molecule is CC1(CC(=O)OCOc2ccccc2-c2cccc(S)c2-c2ccccc2OCOC(=O)CC2(C)C3CC4CC(C3)CC2C4)C2CC3CC(C2)CC1C3.O=S(=O)(O)C(F)(F)F. The minimum Gasteiger partial charge on any atom is -0.457 e. The number of benzene rings is 3. The topological polar surface area (TPSA) is 125 Å². The van der Waals surface area contributed by atoms with Crippen molar-refractivity contribution in [3.05, 3.63) is 66.7 Å². The molecule has 8 saturated carbocycles. The van der Waals surface area contributed by atoms with Gasteiger partial charge in [-0.2, -0.15) is 21.6 Å². The van der Waals surface area contributed by atoms with Crippen LogP contribution >= 0.6 is 12.6 Å². The van der Waals surface area contributed by atoms with E-state index in [1.54, 1.807) is 0 Å². The summed E-state index contributed by atoms with van der Waals surface area (Å²) in [5, 5.41) is 0.